The number of carboxylic acids is 1. The minimum atomic E-state index is -1.33. The number of rotatable bonds is 11. The number of benzene rings is 1. The molecule has 1 heterocycles. The molecule has 10 nitrogen and oxygen atoms in total. The SMILES string of the molecule is N=CC(=O)CC[C@H](NC(=O)[C@H](Cc1c[nH]c2ccccc12)NC(=O)CN)C(=O)O. The lowest BCUT2D eigenvalue weighted by Crippen LogP contribution is -2.53. The van der Waals surface area contributed by atoms with E-state index in [2.05, 4.69) is 15.6 Å². The second kappa shape index (κ2) is 10.1. The van der Waals surface area contributed by atoms with E-state index in [0.717, 1.165) is 16.5 Å². The monoisotopic (exact) mass is 401 g/mol. The largest absolute Gasteiger partial charge is 0.480 e. The Balaban J connectivity index is 2.17. The number of carbonyl (C=O) groups excluding carboxylic acids is 3. The van der Waals surface area contributed by atoms with E-state index in [9.17, 15) is 24.3 Å². The third-order valence-corrected chi connectivity index (χ3v) is 4.39. The molecule has 1 aromatic heterocycles. The molecule has 0 bridgehead atoms. The molecule has 29 heavy (non-hydrogen) atoms. The predicted octanol–water partition coefficient (Wildman–Crippen LogP) is -0.278. The summed E-state index contributed by atoms with van der Waals surface area (Å²) in [5.74, 6) is -3.12. The number of hydrogen-bond donors (Lipinski definition) is 6. The van der Waals surface area contributed by atoms with Crippen molar-refractivity contribution in [2.75, 3.05) is 6.54 Å². The van der Waals surface area contributed by atoms with Gasteiger partial charge in [0.25, 0.3) is 0 Å². The smallest absolute Gasteiger partial charge is 0.326 e. The fourth-order valence-electron chi connectivity index (χ4n) is 2.87. The van der Waals surface area contributed by atoms with E-state index in [1.54, 1.807) is 6.20 Å². The number of aliphatic carboxylic acids is 1. The Bertz CT molecular complexity index is 923. The Morgan fingerprint density at radius 2 is 1.90 bits per heavy atom. The van der Waals surface area contributed by atoms with Gasteiger partial charge in [-0.3, -0.25) is 14.4 Å². The van der Waals surface area contributed by atoms with Gasteiger partial charge in [-0.05, 0) is 18.1 Å². The number of hydrogen-bond acceptors (Lipinski definition) is 6. The van der Waals surface area contributed by atoms with Gasteiger partial charge < -0.3 is 31.9 Å². The Labute approximate surface area is 166 Å². The topological polar surface area (TPSA) is 178 Å². The summed E-state index contributed by atoms with van der Waals surface area (Å²) in [6.07, 6.45) is 2.08. The van der Waals surface area contributed by atoms with Crippen LogP contribution >= 0.6 is 0 Å². The zero-order valence-electron chi connectivity index (χ0n) is 15.6. The lowest BCUT2D eigenvalue weighted by Gasteiger charge is -2.21. The molecule has 7 N–H and O–H groups in total. The summed E-state index contributed by atoms with van der Waals surface area (Å²) in [6.45, 7) is -0.326. The number of nitrogens with two attached hydrogens (primary N) is 1. The minimum absolute atomic E-state index is 0.118. The molecular formula is C19H23N5O5. The third-order valence-electron chi connectivity index (χ3n) is 4.39. The minimum Gasteiger partial charge on any atom is -0.480 e. The standard InChI is InChI=1S/C19H23N5O5/c20-8-12(25)5-6-15(19(28)29)24-18(27)16(23-17(26)9-21)7-11-10-22-14-4-2-1-3-13(11)14/h1-4,8,10,15-16,20,22H,5-7,9,21H2,(H,23,26)(H,24,27)(H,28,29)/t15-,16-/m0/s1. The van der Waals surface area contributed by atoms with Crippen LogP contribution in [0.3, 0.4) is 0 Å². The summed E-state index contributed by atoms with van der Waals surface area (Å²) >= 11 is 0. The van der Waals surface area contributed by atoms with Crippen molar-refractivity contribution >= 4 is 40.7 Å². The van der Waals surface area contributed by atoms with Gasteiger partial charge in [-0.15, -0.1) is 0 Å². The van der Waals surface area contributed by atoms with Crippen LogP contribution in [0.4, 0.5) is 0 Å². The molecule has 2 amide bonds. The molecule has 0 saturated carbocycles. The van der Waals surface area contributed by atoms with E-state index in [1.807, 2.05) is 24.3 Å². The average molecular weight is 401 g/mol. The van der Waals surface area contributed by atoms with Gasteiger partial charge in [0.2, 0.25) is 11.8 Å². The fraction of sp³-hybridized carbons (Fsp3) is 0.316. The summed E-state index contributed by atoms with van der Waals surface area (Å²) in [4.78, 5) is 50.3. The summed E-state index contributed by atoms with van der Waals surface area (Å²) in [5, 5.41) is 21.9. The third kappa shape index (κ3) is 5.98. The van der Waals surface area contributed by atoms with Crippen LogP contribution in [0.25, 0.3) is 10.9 Å². The molecule has 1 aromatic carbocycles. The first-order chi connectivity index (χ1) is 13.8. The first-order valence-corrected chi connectivity index (χ1v) is 8.96. The quantitative estimate of drug-likeness (QED) is 0.282. The lowest BCUT2D eigenvalue weighted by atomic mass is 10.0. The van der Waals surface area contributed by atoms with Crippen molar-refractivity contribution < 1.29 is 24.3 Å². The van der Waals surface area contributed by atoms with Gasteiger partial charge in [0.05, 0.1) is 12.8 Å². The highest BCUT2D eigenvalue weighted by atomic mass is 16.4. The molecule has 0 unspecified atom stereocenters. The molecule has 2 atom stereocenters. The van der Waals surface area contributed by atoms with Crippen LogP contribution < -0.4 is 16.4 Å². The van der Waals surface area contributed by atoms with Crippen molar-refractivity contribution in [3.63, 3.8) is 0 Å². The number of amides is 2. The van der Waals surface area contributed by atoms with Crippen molar-refractivity contribution in [1.82, 2.24) is 15.6 Å². The highest BCUT2D eigenvalue weighted by Gasteiger charge is 2.27. The Hall–Kier alpha value is -3.53. The Morgan fingerprint density at radius 3 is 2.55 bits per heavy atom. The summed E-state index contributed by atoms with van der Waals surface area (Å²) in [6, 6.07) is 5.05. The fourth-order valence-corrected chi connectivity index (χ4v) is 2.87. The number of aromatic nitrogens is 1. The zero-order chi connectivity index (χ0) is 21.4. The lowest BCUT2D eigenvalue weighted by molar-refractivity contribution is -0.142. The van der Waals surface area contributed by atoms with Crippen molar-refractivity contribution in [2.24, 2.45) is 5.73 Å². The summed E-state index contributed by atoms with van der Waals surface area (Å²) in [5.41, 5.74) is 6.96. The van der Waals surface area contributed by atoms with Gasteiger partial charge in [-0.2, -0.15) is 0 Å². The van der Waals surface area contributed by atoms with Gasteiger partial charge in [0, 0.05) is 29.9 Å². The molecule has 0 spiro atoms. The number of Topliss-reactive ketones (excluding diaryl/α,β-unsaturated/α-hetero) is 1. The van der Waals surface area contributed by atoms with E-state index >= 15 is 0 Å². The van der Waals surface area contributed by atoms with Crippen LogP contribution in [0.2, 0.25) is 0 Å². The van der Waals surface area contributed by atoms with Gasteiger partial charge in [0.15, 0.2) is 5.78 Å². The molecule has 0 aliphatic carbocycles. The van der Waals surface area contributed by atoms with E-state index in [1.165, 1.54) is 0 Å². The molecule has 0 fully saturated rings. The van der Waals surface area contributed by atoms with Gasteiger partial charge >= 0.3 is 5.97 Å². The predicted molar refractivity (Wildman–Crippen MR) is 106 cm³/mol. The van der Waals surface area contributed by atoms with Crippen LogP contribution in [0.1, 0.15) is 18.4 Å². The molecule has 0 aliphatic rings. The number of carboxylic acid groups (broad SMARTS) is 1. The maximum Gasteiger partial charge on any atom is 0.326 e. The van der Waals surface area contributed by atoms with E-state index < -0.39 is 35.7 Å². The van der Waals surface area contributed by atoms with Crippen molar-refractivity contribution in [1.29, 1.82) is 5.41 Å². The first-order valence-electron chi connectivity index (χ1n) is 8.96. The molecular weight excluding hydrogens is 378 g/mol. The molecule has 154 valence electrons. The molecule has 0 saturated heterocycles. The molecule has 2 rings (SSSR count). The number of H-pyrrole nitrogens is 1. The summed E-state index contributed by atoms with van der Waals surface area (Å²) in [7, 11) is 0. The zero-order valence-corrected chi connectivity index (χ0v) is 15.6. The second-order valence-electron chi connectivity index (χ2n) is 6.44. The molecule has 2 aromatic rings. The normalized spacial score (nSPS) is 12.7. The number of para-hydroxylation sites is 1. The van der Waals surface area contributed by atoms with Crippen LogP contribution in [0.5, 0.6) is 0 Å². The number of carbonyl (C=O) groups is 4. The van der Waals surface area contributed by atoms with E-state index in [4.69, 9.17) is 11.1 Å². The number of ketones is 1. The highest BCUT2D eigenvalue weighted by Crippen LogP contribution is 2.19. The van der Waals surface area contributed by atoms with Gasteiger partial charge in [-0.25, -0.2) is 4.79 Å². The number of aromatic amines is 1. The Morgan fingerprint density at radius 1 is 1.17 bits per heavy atom. The second-order valence-corrected chi connectivity index (χ2v) is 6.44. The van der Waals surface area contributed by atoms with E-state index in [0.29, 0.717) is 6.21 Å². The Kier molecular flexibility index (Phi) is 7.61. The average Bonchev–Trinajstić information content (AvgIpc) is 3.12. The van der Waals surface area contributed by atoms with Crippen LogP contribution in [-0.2, 0) is 25.6 Å². The summed E-state index contributed by atoms with van der Waals surface area (Å²) < 4.78 is 0. The first kappa shape index (κ1) is 21.8. The van der Waals surface area contributed by atoms with Gasteiger partial charge in [-0.1, -0.05) is 18.2 Å². The van der Waals surface area contributed by atoms with Crippen molar-refractivity contribution in [2.45, 2.75) is 31.3 Å². The molecule has 0 aliphatic heterocycles. The number of nitrogens with one attached hydrogen (secondary N) is 4. The molecule has 10 heteroatoms. The maximum absolute atomic E-state index is 12.7. The number of fused-ring (bicyclic) bond motifs is 1. The van der Waals surface area contributed by atoms with E-state index in [-0.39, 0.29) is 25.8 Å². The van der Waals surface area contributed by atoms with Crippen molar-refractivity contribution in [3.8, 4) is 0 Å². The maximum atomic E-state index is 12.7. The van der Waals surface area contributed by atoms with Crippen LogP contribution in [0, 0.1) is 5.41 Å². The van der Waals surface area contributed by atoms with Crippen LogP contribution in [-0.4, -0.2) is 58.5 Å². The molecule has 0 radical (unpaired) electrons. The van der Waals surface area contributed by atoms with Crippen LogP contribution in [0.15, 0.2) is 30.5 Å². The van der Waals surface area contributed by atoms with Crippen molar-refractivity contribution in [3.05, 3.63) is 36.0 Å². The highest BCUT2D eigenvalue weighted by molar-refractivity contribution is 6.26. The van der Waals surface area contributed by atoms with Gasteiger partial charge in [0.1, 0.15) is 12.1 Å².